The predicted molar refractivity (Wildman–Crippen MR) is 80.3 cm³/mol. The molecule has 1 aromatic carbocycles. The molecule has 2 atom stereocenters. The number of hydrogen-bond donors (Lipinski definition) is 1. The second-order valence-corrected chi connectivity index (χ2v) is 7.63. The standard InChI is InChI=1S/C12H15BrN2O5S/c1-20-11-6-5-8(15(16)17)7-12(11)21(18,19)14-10-4-2-3-9(10)13/h5-7,9-10,14H,2-4H2,1H3. The number of nitrogens with zero attached hydrogens (tertiary/aromatic N) is 1. The molecule has 1 saturated carbocycles. The first kappa shape index (κ1) is 16.2. The molecule has 21 heavy (non-hydrogen) atoms. The summed E-state index contributed by atoms with van der Waals surface area (Å²) in [5, 5.41) is 10.8. The Labute approximate surface area is 131 Å². The number of halogens is 1. The fourth-order valence-corrected chi connectivity index (χ4v) is 4.69. The fraction of sp³-hybridized carbons (Fsp3) is 0.500. The zero-order chi connectivity index (χ0) is 15.6. The first-order chi connectivity index (χ1) is 9.85. The van der Waals surface area contributed by atoms with E-state index in [2.05, 4.69) is 20.7 Å². The Kier molecular flexibility index (Phi) is 4.84. The molecule has 2 unspecified atom stereocenters. The van der Waals surface area contributed by atoms with Crippen LogP contribution < -0.4 is 9.46 Å². The quantitative estimate of drug-likeness (QED) is 0.481. The maximum atomic E-state index is 12.5. The normalized spacial score (nSPS) is 22.2. The monoisotopic (exact) mass is 378 g/mol. The highest BCUT2D eigenvalue weighted by Crippen LogP contribution is 2.31. The van der Waals surface area contributed by atoms with Gasteiger partial charge in [0.05, 0.1) is 12.0 Å². The van der Waals surface area contributed by atoms with Crippen LogP contribution >= 0.6 is 15.9 Å². The van der Waals surface area contributed by atoms with E-state index < -0.39 is 14.9 Å². The van der Waals surface area contributed by atoms with Gasteiger partial charge in [-0.2, -0.15) is 0 Å². The van der Waals surface area contributed by atoms with Gasteiger partial charge in [0.25, 0.3) is 5.69 Å². The third-order valence-corrected chi connectivity index (χ3v) is 5.99. The highest BCUT2D eigenvalue weighted by Gasteiger charge is 2.31. The zero-order valence-corrected chi connectivity index (χ0v) is 13.7. The smallest absolute Gasteiger partial charge is 0.271 e. The van der Waals surface area contributed by atoms with E-state index in [9.17, 15) is 18.5 Å². The number of non-ortho nitro benzene ring substituents is 1. The fourth-order valence-electron chi connectivity index (χ4n) is 2.30. The molecule has 1 fully saturated rings. The van der Waals surface area contributed by atoms with Crippen LogP contribution in [0.25, 0.3) is 0 Å². The molecule has 9 heteroatoms. The summed E-state index contributed by atoms with van der Waals surface area (Å²) in [6, 6.07) is 3.28. The van der Waals surface area contributed by atoms with Crippen molar-refractivity contribution >= 4 is 31.6 Å². The molecule has 0 aromatic heterocycles. The molecule has 0 heterocycles. The summed E-state index contributed by atoms with van der Waals surface area (Å²) in [6.45, 7) is 0. The first-order valence-corrected chi connectivity index (χ1v) is 8.74. The summed E-state index contributed by atoms with van der Waals surface area (Å²) in [5.41, 5.74) is -0.294. The summed E-state index contributed by atoms with van der Waals surface area (Å²) >= 11 is 3.44. The van der Waals surface area contributed by atoms with Crippen LogP contribution in [0.1, 0.15) is 19.3 Å². The number of benzene rings is 1. The highest BCUT2D eigenvalue weighted by atomic mass is 79.9. The van der Waals surface area contributed by atoms with Crippen molar-refractivity contribution in [3.05, 3.63) is 28.3 Å². The summed E-state index contributed by atoms with van der Waals surface area (Å²) in [6.07, 6.45) is 2.54. The van der Waals surface area contributed by atoms with E-state index in [0.717, 1.165) is 25.3 Å². The van der Waals surface area contributed by atoms with Gasteiger partial charge in [0.15, 0.2) is 0 Å². The molecule has 0 bridgehead atoms. The lowest BCUT2D eigenvalue weighted by molar-refractivity contribution is -0.385. The van der Waals surface area contributed by atoms with Crippen LogP contribution in [0, 0.1) is 10.1 Å². The minimum absolute atomic E-state index is 0.0666. The van der Waals surface area contributed by atoms with E-state index in [0.29, 0.717) is 0 Å². The number of methoxy groups -OCH3 is 1. The van der Waals surface area contributed by atoms with Gasteiger partial charge in [0.1, 0.15) is 10.6 Å². The van der Waals surface area contributed by atoms with Crippen LogP contribution in [0.5, 0.6) is 5.75 Å². The maximum Gasteiger partial charge on any atom is 0.271 e. The molecular weight excluding hydrogens is 364 g/mol. The van der Waals surface area contributed by atoms with Crippen molar-refractivity contribution in [3.63, 3.8) is 0 Å². The molecular formula is C12H15BrN2O5S. The van der Waals surface area contributed by atoms with E-state index in [4.69, 9.17) is 4.74 Å². The lowest BCUT2D eigenvalue weighted by Gasteiger charge is -2.17. The maximum absolute atomic E-state index is 12.5. The lowest BCUT2D eigenvalue weighted by atomic mass is 10.3. The van der Waals surface area contributed by atoms with Gasteiger partial charge in [-0.05, 0) is 18.9 Å². The Morgan fingerprint density at radius 2 is 2.14 bits per heavy atom. The average Bonchev–Trinajstić information content (AvgIpc) is 2.82. The van der Waals surface area contributed by atoms with E-state index in [-0.39, 0.29) is 27.2 Å². The second-order valence-electron chi connectivity index (χ2n) is 4.77. The van der Waals surface area contributed by atoms with Crippen LogP contribution in [0.3, 0.4) is 0 Å². The SMILES string of the molecule is COc1ccc([N+](=O)[O-])cc1S(=O)(=O)NC1CCCC1Br. The number of hydrogen-bond acceptors (Lipinski definition) is 5. The first-order valence-electron chi connectivity index (χ1n) is 6.34. The largest absolute Gasteiger partial charge is 0.495 e. The molecule has 1 aliphatic rings. The Morgan fingerprint density at radius 3 is 2.67 bits per heavy atom. The summed E-state index contributed by atoms with van der Waals surface area (Å²) < 4.78 is 32.5. The van der Waals surface area contributed by atoms with Crippen molar-refractivity contribution in [2.75, 3.05) is 7.11 Å². The van der Waals surface area contributed by atoms with Gasteiger partial charge in [0.2, 0.25) is 10.0 Å². The van der Waals surface area contributed by atoms with Crippen molar-refractivity contribution in [2.24, 2.45) is 0 Å². The minimum atomic E-state index is -3.88. The molecule has 116 valence electrons. The van der Waals surface area contributed by atoms with Gasteiger partial charge in [-0.1, -0.05) is 22.4 Å². The molecule has 0 saturated heterocycles. The third-order valence-electron chi connectivity index (χ3n) is 3.39. The zero-order valence-electron chi connectivity index (χ0n) is 11.3. The summed E-state index contributed by atoms with van der Waals surface area (Å²) in [7, 11) is -2.56. The number of ether oxygens (including phenoxy) is 1. The Hall–Kier alpha value is -1.19. The Bertz CT molecular complexity index is 649. The number of rotatable bonds is 5. The number of sulfonamides is 1. The molecule has 1 N–H and O–H groups in total. The van der Waals surface area contributed by atoms with Crippen LogP contribution in [-0.2, 0) is 10.0 Å². The molecule has 0 amide bonds. The van der Waals surface area contributed by atoms with E-state index in [1.54, 1.807) is 0 Å². The molecule has 2 rings (SSSR count). The third kappa shape index (κ3) is 3.53. The van der Waals surface area contributed by atoms with Crippen LogP contribution in [0.15, 0.2) is 23.1 Å². The topological polar surface area (TPSA) is 98.5 Å². The van der Waals surface area contributed by atoms with Gasteiger partial charge in [-0.25, -0.2) is 13.1 Å². The molecule has 1 aliphatic carbocycles. The predicted octanol–water partition coefficient (Wildman–Crippen LogP) is 2.20. The van der Waals surface area contributed by atoms with Gasteiger partial charge >= 0.3 is 0 Å². The molecule has 0 spiro atoms. The highest BCUT2D eigenvalue weighted by molar-refractivity contribution is 9.09. The van der Waals surface area contributed by atoms with Crippen molar-refractivity contribution < 1.29 is 18.1 Å². The second kappa shape index (κ2) is 6.29. The van der Waals surface area contributed by atoms with Crippen molar-refractivity contribution in [2.45, 2.75) is 35.0 Å². The van der Waals surface area contributed by atoms with Gasteiger partial charge < -0.3 is 4.74 Å². The van der Waals surface area contributed by atoms with Gasteiger partial charge in [0, 0.05) is 23.0 Å². The number of nitrogens with one attached hydrogen (secondary N) is 1. The minimum Gasteiger partial charge on any atom is -0.495 e. The molecule has 0 aliphatic heterocycles. The Balaban J connectivity index is 2.38. The number of nitro benzene ring substituents is 1. The number of nitro groups is 1. The Morgan fingerprint density at radius 1 is 1.43 bits per heavy atom. The van der Waals surface area contributed by atoms with Gasteiger partial charge in [-0.3, -0.25) is 10.1 Å². The average molecular weight is 379 g/mol. The van der Waals surface area contributed by atoms with Gasteiger partial charge in [-0.15, -0.1) is 0 Å². The molecule has 1 aromatic rings. The lowest BCUT2D eigenvalue weighted by Crippen LogP contribution is -2.37. The van der Waals surface area contributed by atoms with Crippen LogP contribution in [0.4, 0.5) is 5.69 Å². The van der Waals surface area contributed by atoms with E-state index in [1.807, 2.05) is 0 Å². The van der Waals surface area contributed by atoms with Crippen molar-refractivity contribution in [3.8, 4) is 5.75 Å². The van der Waals surface area contributed by atoms with Crippen LogP contribution in [-0.4, -0.2) is 31.3 Å². The van der Waals surface area contributed by atoms with E-state index >= 15 is 0 Å². The van der Waals surface area contributed by atoms with Crippen LogP contribution in [0.2, 0.25) is 0 Å². The molecule has 0 radical (unpaired) electrons. The van der Waals surface area contributed by atoms with Crippen molar-refractivity contribution in [1.29, 1.82) is 0 Å². The van der Waals surface area contributed by atoms with E-state index in [1.165, 1.54) is 19.2 Å². The summed E-state index contributed by atoms with van der Waals surface area (Å²) in [5.74, 6) is 0.0808. The number of alkyl halides is 1. The molecule has 7 nitrogen and oxygen atoms in total. The summed E-state index contributed by atoms with van der Waals surface area (Å²) in [4.78, 5) is 10.0. The van der Waals surface area contributed by atoms with Crippen molar-refractivity contribution in [1.82, 2.24) is 4.72 Å².